The minimum absolute atomic E-state index is 0.0942. The topological polar surface area (TPSA) is 106 Å². The van der Waals surface area contributed by atoms with Crippen molar-refractivity contribution in [2.75, 3.05) is 18.6 Å². The van der Waals surface area contributed by atoms with Gasteiger partial charge in [-0.05, 0) is 48.9 Å². The van der Waals surface area contributed by atoms with E-state index in [1.807, 2.05) is 0 Å². The molecule has 0 saturated carbocycles. The molecule has 8 nitrogen and oxygen atoms in total. The zero-order chi connectivity index (χ0) is 26.0. The molecule has 4 rings (SSSR count). The number of hydrogen-bond acceptors (Lipinski definition) is 8. The largest absolute Gasteiger partial charge is 0.507 e. The number of aromatic nitrogens is 1. The number of thiazole rings is 1. The van der Waals surface area contributed by atoms with Gasteiger partial charge in [-0.2, -0.15) is 0 Å². The van der Waals surface area contributed by atoms with E-state index in [2.05, 4.69) is 11.6 Å². The van der Waals surface area contributed by atoms with Crippen molar-refractivity contribution in [2.24, 2.45) is 0 Å². The number of carbonyl (C=O) groups excluding carboxylic acids is 3. The highest BCUT2D eigenvalue weighted by Gasteiger charge is 2.48. The lowest BCUT2D eigenvalue weighted by molar-refractivity contribution is -0.132. The van der Waals surface area contributed by atoms with E-state index in [0.717, 1.165) is 11.3 Å². The van der Waals surface area contributed by atoms with Crippen molar-refractivity contribution in [3.63, 3.8) is 0 Å². The van der Waals surface area contributed by atoms with Crippen LogP contribution in [0.15, 0.2) is 66.8 Å². The number of aliphatic hydroxyl groups is 1. The van der Waals surface area contributed by atoms with Crippen molar-refractivity contribution >= 4 is 39.7 Å². The molecule has 0 aliphatic carbocycles. The molecule has 0 radical (unpaired) electrons. The fourth-order valence-electron chi connectivity index (χ4n) is 3.99. The number of amides is 1. The Bertz CT molecular complexity index is 1390. The fourth-order valence-corrected chi connectivity index (χ4v) is 4.98. The number of anilines is 1. The number of ketones is 2. The predicted octanol–water partition coefficient (Wildman–Crippen LogP) is 4.85. The van der Waals surface area contributed by atoms with E-state index >= 15 is 0 Å². The third-order valence-corrected chi connectivity index (χ3v) is 6.92. The van der Waals surface area contributed by atoms with Crippen LogP contribution in [-0.2, 0) is 9.59 Å². The highest BCUT2D eigenvalue weighted by atomic mass is 32.1. The van der Waals surface area contributed by atoms with Crippen LogP contribution in [0.3, 0.4) is 0 Å². The zero-order valence-corrected chi connectivity index (χ0v) is 20.8. The van der Waals surface area contributed by atoms with Gasteiger partial charge in [0.05, 0.1) is 29.3 Å². The lowest BCUT2D eigenvalue weighted by Crippen LogP contribution is -2.29. The number of aryl methyl sites for hydroxylation is 1. The number of methoxy groups -OCH3 is 1. The summed E-state index contributed by atoms with van der Waals surface area (Å²) in [6, 6.07) is 12.4. The molecule has 0 bridgehead atoms. The smallest absolute Gasteiger partial charge is 0.301 e. The van der Waals surface area contributed by atoms with Gasteiger partial charge in [-0.15, -0.1) is 0 Å². The van der Waals surface area contributed by atoms with Gasteiger partial charge in [0, 0.05) is 12.5 Å². The Balaban J connectivity index is 1.92. The molecule has 1 saturated heterocycles. The van der Waals surface area contributed by atoms with Crippen LogP contribution < -0.4 is 14.4 Å². The second-order valence-corrected chi connectivity index (χ2v) is 9.01. The number of Topliss-reactive ketones (excluding diaryl/α,β-unsaturated/α-hetero) is 2. The van der Waals surface area contributed by atoms with Gasteiger partial charge in [-0.25, -0.2) is 4.98 Å². The average molecular weight is 505 g/mol. The molecule has 1 N–H and O–H groups in total. The normalized spacial score (nSPS) is 16.8. The SMILES string of the molecule is C=CCOc1cccc(C2/C(=C(\O)c3ccc(OC)cc3)C(=O)C(=O)N2c2nc(C)c(C(C)=O)s2)c1. The summed E-state index contributed by atoms with van der Waals surface area (Å²) in [5.41, 5.74) is 1.24. The molecule has 9 heteroatoms. The van der Waals surface area contributed by atoms with Crippen molar-refractivity contribution in [1.82, 2.24) is 4.98 Å². The van der Waals surface area contributed by atoms with E-state index in [1.54, 1.807) is 61.5 Å². The van der Waals surface area contributed by atoms with Crippen molar-refractivity contribution in [1.29, 1.82) is 0 Å². The molecule has 184 valence electrons. The summed E-state index contributed by atoms with van der Waals surface area (Å²) in [4.78, 5) is 44.8. The molecular formula is C27H24N2O6S. The van der Waals surface area contributed by atoms with Crippen molar-refractivity contribution in [2.45, 2.75) is 19.9 Å². The summed E-state index contributed by atoms with van der Waals surface area (Å²) in [6.07, 6.45) is 1.60. The third kappa shape index (κ3) is 4.52. The standard InChI is InChI=1S/C27H24N2O6S/c1-5-13-35-20-8-6-7-18(14-20)22-21(23(31)17-9-11-19(34-4)12-10-17)24(32)26(33)29(22)27-28-15(2)25(36-27)16(3)30/h5-12,14,22,31H,1,13H2,2-4H3/b23-21+. The number of rotatable bonds is 8. The lowest BCUT2D eigenvalue weighted by atomic mass is 9.95. The van der Waals surface area contributed by atoms with Crippen LogP contribution >= 0.6 is 11.3 Å². The lowest BCUT2D eigenvalue weighted by Gasteiger charge is -2.23. The van der Waals surface area contributed by atoms with Crippen LogP contribution in [0.5, 0.6) is 11.5 Å². The predicted molar refractivity (Wildman–Crippen MR) is 137 cm³/mol. The Kier molecular flexibility index (Phi) is 7.03. The monoisotopic (exact) mass is 504 g/mol. The Morgan fingerprint density at radius 1 is 1.19 bits per heavy atom. The van der Waals surface area contributed by atoms with Crippen LogP contribution in [0.25, 0.3) is 5.76 Å². The number of benzene rings is 2. The first-order valence-electron chi connectivity index (χ1n) is 11.0. The molecule has 1 aliphatic heterocycles. The van der Waals surface area contributed by atoms with Gasteiger partial charge in [0.25, 0.3) is 5.78 Å². The molecule has 1 unspecified atom stereocenters. The van der Waals surface area contributed by atoms with E-state index < -0.39 is 17.7 Å². The van der Waals surface area contributed by atoms with E-state index in [-0.39, 0.29) is 28.9 Å². The highest BCUT2D eigenvalue weighted by Crippen LogP contribution is 2.44. The molecule has 36 heavy (non-hydrogen) atoms. The summed E-state index contributed by atoms with van der Waals surface area (Å²) in [5.74, 6) is -1.16. The number of hydrogen-bond donors (Lipinski definition) is 1. The second kappa shape index (κ2) is 10.2. The summed E-state index contributed by atoms with van der Waals surface area (Å²) in [5, 5.41) is 11.4. The van der Waals surface area contributed by atoms with Crippen LogP contribution in [0, 0.1) is 6.92 Å². The molecule has 2 aromatic carbocycles. The van der Waals surface area contributed by atoms with Crippen molar-refractivity contribution < 1.29 is 29.0 Å². The van der Waals surface area contributed by atoms with Gasteiger partial charge in [-0.3, -0.25) is 19.3 Å². The van der Waals surface area contributed by atoms with Gasteiger partial charge in [0.1, 0.15) is 23.9 Å². The molecule has 3 aromatic rings. The van der Waals surface area contributed by atoms with E-state index in [0.29, 0.717) is 33.2 Å². The molecule has 1 aromatic heterocycles. The van der Waals surface area contributed by atoms with E-state index in [4.69, 9.17) is 9.47 Å². The first-order chi connectivity index (χ1) is 17.3. The average Bonchev–Trinajstić information content (AvgIpc) is 3.39. The van der Waals surface area contributed by atoms with Gasteiger partial charge in [0.2, 0.25) is 0 Å². The summed E-state index contributed by atoms with van der Waals surface area (Å²) in [7, 11) is 1.52. The molecular weight excluding hydrogens is 480 g/mol. The van der Waals surface area contributed by atoms with Crippen LogP contribution in [-0.4, -0.2) is 41.3 Å². The summed E-state index contributed by atoms with van der Waals surface area (Å²) in [6.45, 7) is 7.00. The fraction of sp³-hybridized carbons (Fsp3) is 0.185. The maximum Gasteiger partial charge on any atom is 0.301 e. The summed E-state index contributed by atoms with van der Waals surface area (Å²) < 4.78 is 10.8. The van der Waals surface area contributed by atoms with E-state index in [9.17, 15) is 19.5 Å². The number of ether oxygens (including phenoxy) is 2. The minimum atomic E-state index is -0.996. The Morgan fingerprint density at radius 3 is 2.53 bits per heavy atom. The van der Waals surface area contributed by atoms with Gasteiger partial charge in [0.15, 0.2) is 10.9 Å². The van der Waals surface area contributed by atoms with Gasteiger partial charge >= 0.3 is 5.91 Å². The maximum absolute atomic E-state index is 13.3. The second-order valence-electron chi connectivity index (χ2n) is 8.04. The number of nitrogens with zero attached hydrogens (tertiary/aromatic N) is 2. The van der Waals surface area contributed by atoms with Crippen LogP contribution in [0.1, 0.15) is 39.5 Å². The first kappa shape index (κ1) is 24.9. The molecule has 1 fully saturated rings. The number of carbonyl (C=O) groups is 3. The highest BCUT2D eigenvalue weighted by molar-refractivity contribution is 7.18. The minimum Gasteiger partial charge on any atom is -0.507 e. The quantitative estimate of drug-likeness (QED) is 0.154. The Morgan fingerprint density at radius 2 is 1.92 bits per heavy atom. The number of aliphatic hydroxyl groups excluding tert-OH is 1. The Hall–Kier alpha value is -4.24. The molecule has 2 heterocycles. The zero-order valence-electron chi connectivity index (χ0n) is 20.0. The molecule has 0 spiro atoms. The maximum atomic E-state index is 13.3. The van der Waals surface area contributed by atoms with Gasteiger partial charge in [-0.1, -0.05) is 36.1 Å². The molecule has 1 amide bonds. The molecule has 1 aliphatic rings. The first-order valence-corrected chi connectivity index (χ1v) is 11.9. The van der Waals surface area contributed by atoms with Crippen molar-refractivity contribution in [3.05, 3.63) is 88.5 Å². The van der Waals surface area contributed by atoms with Crippen LogP contribution in [0.4, 0.5) is 5.13 Å². The van der Waals surface area contributed by atoms with E-state index in [1.165, 1.54) is 18.9 Å². The van der Waals surface area contributed by atoms with Crippen LogP contribution in [0.2, 0.25) is 0 Å². The van der Waals surface area contributed by atoms with Gasteiger partial charge < -0.3 is 14.6 Å². The summed E-state index contributed by atoms with van der Waals surface area (Å²) >= 11 is 1.03. The Labute approximate surface area is 212 Å². The van der Waals surface area contributed by atoms with Crippen molar-refractivity contribution in [3.8, 4) is 11.5 Å². The molecule has 1 atom stereocenters. The third-order valence-electron chi connectivity index (χ3n) is 5.66.